The summed E-state index contributed by atoms with van der Waals surface area (Å²) in [7, 11) is 0. The van der Waals surface area contributed by atoms with Crippen molar-refractivity contribution in [2.75, 3.05) is 6.61 Å². The Balaban J connectivity index is 3.42. The summed E-state index contributed by atoms with van der Waals surface area (Å²) >= 11 is 0. The van der Waals surface area contributed by atoms with Gasteiger partial charge in [-0.15, -0.1) is 0 Å². The van der Waals surface area contributed by atoms with E-state index in [1.807, 2.05) is 6.08 Å². The summed E-state index contributed by atoms with van der Waals surface area (Å²) in [6, 6.07) is -0.645. The number of carbonyl (C=O) groups is 1. The lowest BCUT2D eigenvalue weighted by Crippen LogP contribution is -2.45. The fourth-order valence-corrected chi connectivity index (χ4v) is 9.13. The number of hydrogen-bond donors (Lipinski definition) is 3. The van der Waals surface area contributed by atoms with E-state index in [9.17, 15) is 15.0 Å². The first-order valence-electron chi connectivity index (χ1n) is 30.0. The molecular formula is C63H117NO3. The Bertz CT molecular complexity index is 1110. The van der Waals surface area contributed by atoms with Crippen LogP contribution < -0.4 is 5.32 Å². The Labute approximate surface area is 419 Å². The van der Waals surface area contributed by atoms with E-state index >= 15 is 0 Å². The van der Waals surface area contributed by atoms with Crippen molar-refractivity contribution in [1.82, 2.24) is 5.32 Å². The minimum atomic E-state index is -0.870. The first-order chi connectivity index (χ1) is 33.2. The Hall–Kier alpha value is -1.91. The van der Waals surface area contributed by atoms with E-state index < -0.39 is 12.1 Å². The summed E-state index contributed by atoms with van der Waals surface area (Å²) in [5, 5.41) is 23.1. The summed E-state index contributed by atoms with van der Waals surface area (Å²) in [5.41, 5.74) is 0. The van der Waals surface area contributed by atoms with Gasteiger partial charge in [-0.2, -0.15) is 0 Å². The van der Waals surface area contributed by atoms with Gasteiger partial charge >= 0.3 is 0 Å². The van der Waals surface area contributed by atoms with Gasteiger partial charge in [-0.1, -0.05) is 293 Å². The minimum Gasteiger partial charge on any atom is -0.394 e. The number of nitrogens with one attached hydrogen (secondary N) is 1. The molecule has 0 bridgehead atoms. The highest BCUT2D eigenvalue weighted by Crippen LogP contribution is 2.17. The zero-order valence-electron chi connectivity index (χ0n) is 45.2. The number of allylic oxidation sites excluding steroid dienone is 9. The van der Waals surface area contributed by atoms with Crippen LogP contribution in [0.1, 0.15) is 316 Å². The Morgan fingerprint density at radius 2 is 0.627 bits per heavy atom. The van der Waals surface area contributed by atoms with Gasteiger partial charge in [-0.05, 0) is 77.0 Å². The lowest BCUT2D eigenvalue weighted by molar-refractivity contribution is -0.123. The highest BCUT2D eigenvalue weighted by atomic mass is 16.3. The van der Waals surface area contributed by atoms with Crippen LogP contribution in [0.4, 0.5) is 0 Å². The number of hydrogen-bond acceptors (Lipinski definition) is 3. The second-order valence-corrected chi connectivity index (χ2v) is 20.4. The molecule has 4 nitrogen and oxygen atoms in total. The Morgan fingerprint density at radius 1 is 0.358 bits per heavy atom. The smallest absolute Gasteiger partial charge is 0.220 e. The van der Waals surface area contributed by atoms with Crippen molar-refractivity contribution in [3.8, 4) is 0 Å². The van der Waals surface area contributed by atoms with Crippen LogP contribution in [0.5, 0.6) is 0 Å². The number of carbonyl (C=O) groups excluding carboxylic acids is 1. The minimum absolute atomic E-state index is 0.0741. The van der Waals surface area contributed by atoms with Crippen LogP contribution in [0.15, 0.2) is 60.8 Å². The molecular weight excluding hydrogens is 819 g/mol. The van der Waals surface area contributed by atoms with Gasteiger partial charge in [0.1, 0.15) is 0 Å². The lowest BCUT2D eigenvalue weighted by atomic mass is 10.0. The van der Waals surface area contributed by atoms with E-state index in [1.54, 1.807) is 6.08 Å². The van der Waals surface area contributed by atoms with Crippen molar-refractivity contribution in [3.05, 3.63) is 60.8 Å². The van der Waals surface area contributed by atoms with E-state index in [-0.39, 0.29) is 12.5 Å². The number of unbranched alkanes of at least 4 members (excludes halogenated alkanes) is 40. The monoisotopic (exact) mass is 936 g/mol. The third-order valence-electron chi connectivity index (χ3n) is 13.7. The molecule has 0 aromatic rings. The topological polar surface area (TPSA) is 69.6 Å². The Kier molecular flexibility index (Phi) is 56.7. The van der Waals surface area contributed by atoms with Crippen molar-refractivity contribution < 1.29 is 15.0 Å². The van der Waals surface area contributed by atoms with Crippen LogP contribution in [0.25, 0.3) is 0 Å². The van der Waals surface area contributed by atoms with Gasteiger partial charge < -0.3 is 15.5 Å². The first-order valence-corrected chi connectivity index (χ1v) is 30.0. The molecule has 2 unspecified atom stereocenters. The summed E-state index contributed by atoms with van der Waals surface area (Å²) in [6.07, 6.45) is 82.7. The first kappa shape index (κ1) is 65.1. The quantitative estimate of drug-likeness (QED) is 0.0420. The van der Waals surface area contributed by atoms with Crippen molar-refractivity contribution in [3.63, 3.8) is 0 Å². The van der Waals surface area contributed by atoms with Crippen LogP contribution in [0, 0.1) is 0 Å². The van der Waals surface area contributed by atoms with Gasteiger partial charge in [-0.25, -0.2) is 0 Å². The molecule has 2 atom stereocenters. The second-order valence-electron chi connectivity index (χ2n) is 20.4. The van der Waals surface area contributed by atoms with Crippen LogP contribution in [-0.4, -0.2) is 34.9 Å². The molecule has 3 N–H and O–H groups in total. The molecule has 0 saturated heterocycles. The predicted octanol–water partition coefficient (Wildman–Crippen LogP) is 20.0. The number of rotatable bonds is 55. The SMILES string of the molecule is CCCCCCC/C=C\C/C=C\CCCCCCCCCCCCCCCCCCCCCCCCCCCCCC(=O)NC(CO)C(O)/C=C/CC/C=C/CC/C=C/CCCCCCCC. The number of amides is 1. The van der Waals surface area contributed by atoms with Crippen LogP contribution in [0.3, 0.4) is 0 Å². The zero-order chi connectivity index (χ0) is 48.5. The van der Waals surface area contributed by atoms with Crippen molar-refractivity contribution in [1.29, 1.82) is 0 Å². The third kappa shape index (κ3) is 54.9. The average molecular weight is 937 g/mol. The number of aliphatic hydroxyl groups is 2. The molecule has 0 radical (unpaired) electrons. The fraction of sp³-hybridized carbons (Fsp3) is 0.825. The maximum absolute atomic E-state index is 12.5. The van der Waals surface area contributed by atoms with Gasteiger partial charge in [0.25, 0.3) is 0 Å². The molecule has 4 heteroatoms. The van der Waals surface area contributed by atoms with Crippen LogP contribution in [-0.2, 0) is 4.79 Å². The maximum Gasteiger partial charge on any atom is 0.220 e. The van der Waals surface area contributed by atoms with Gasteiger partial charge in [0.05, 0.1) is 18.8 Å². The standard InChI is InChI=1S/C63H117NO3/c1-3-5-7-9-11-13-15-17-19-21-22-23-24-25-26-27-28-29-30-31-32-33-34-35-36-37-38-39-40-41-42-43-45-47-49-51-53-55-57-59-63(67)64-61(60-65)62(66)58-56-54-52-50-48-46-44-20-18-16-14-12-10-8-6-4-2/h15,17-18,20-22,48,50,56,58,61-62,65-66H,3-14,16,19,23-47,49,51-55,57,59-60H2,1-2H3,(H,64,67)/b17-15-,20-18+,22-21-,50-48+,58-56+. The Morgan fingerprint density at radius 3 is 0.955 bits per heavy atom. The summed E-state index contributed by atoms with van der Waals surface area (Å²) < 4.78 is 0. The molecule has 0 fully saturated rings. The molecule has 0 aliphatic carbocycles. The molecule has 0 aromatic heterocycles. The molecule has 0 heterocycles. The highest BCUT2D eigenvalue weighted by molar-refractivity contribution is 5.76. The molecule has 67 heavy (non-hydrogen) atoms. The molecule has 392 valence electrons. The van der Waals surface area contributed by atoms with Crippen molar-refractivity contribution in [2.45, 2.75) is 328 Å². The van der Waals surface area contributed by atoms with E-state index in [0.29, 0.717) is 6.42 Å². The summed E-state index contributed by atoms with van der Waals surface area (Å²) in [5.74, 6) is -0.0741. The second kappa shape index (κ2) is 58.4. The third-order valence-corrected chi connectivity index (χ3v) is 13.7. The van der Waals surface area contributed by atoms with Crippen LogP contribution >= 0.6 is 0 Å². The van der Waals surface area contributed by atoms with Gasteiger partial charge in [0.15, 0.2) is 0 Å². The van der Waals surface area contributed by atoms with Crippen molar-refractivity contribution >= 4 is 5.91 Å². The molecule has 1 amide bonds. The van der Waals surface area contributed by atoms with E-state index in [1.165, 1.54) is 250 Å². The molecule has 0 rings (SSSR count). The van der Waals surface area contributed by atoms with Gasteiger partial charge in [0, 0.05) is 6.42 Å². The number of aliphatic hydroxyl groups excluding tert-OH is 2. The largest absolute Gasteiger partial charge is 0.394 e. The van der Waals surface area contributed by atoms with E-state index in [0.717, 1.165) is 44.9 Å². The highest BCUT2D eigenvalue weighted by Gasteiger charge is 2.18. The molecule has 0 spiro atoms. The summed E-state index contributed by atoms with van der Waals surface area (Å²) in [4.78, 5) is 12.5. The molecule has 0 saturated carbocycles. The predicted molar refractivity (Wildman–Crippen MR) is 299 cm³/mol. The van der Waals surface area contributed by atoms with Gasteiger partial charge in [-0.3, -0.25) is 4.79 Å². The zero-order valence-corrected chi connectivity index (χ0v) is 45.2. The fourth-order valence-electron chi connectivity index (χ4n) is 9.13. The van der Waals surface area contributed by atoms with Gasteiger partial charge in [0.2, 0.25) is 5.91 Å². The normalized spacial score (nSPS) is 13.2. The summed E-state index contributed by atoms with van der Waals surface area (Å²) in [6.45, 7) is 4.29. The maximum atomic E-state index is 12.5. The lowest BCUT2D eigenvalue weighted by Gasteiger charge is -2.19. The van der Waals surface area contributed by atoms with Crippen molar-refractivity contribution in [2.24, 2.45) is 0 Å². The average Bonchev–Trinajstić information content (AvgIpc) is 3.33. The molecule has 0 aromatic carbocycles. The molecule has 0 aliphatic rings. The van der Waals surface area contributed by atoms with Crippen LogP contribution in [0.2, 0.25) is 0 Å². The molecule has 0 aliphatic heterocycles. The van der Waals surface area contributed by atoms with E-state index in [4.69, 9.17) is 0 Å². The van der Waals surface area contributed by atoms with E-state index in [2.05, 4.69) is 67.8 Å².